The van der Waals surface area contributed by atoms with Crippen LogP contribution in [-0.2, 0) is 9.59 Å². The van der Waals surface area contributed by atoms with Crippen LogP contribution in [0.5, 0.6) is 0 Å². The van der Waals surface area contributed by atoms with E-state index in [9.17, 15) is 9.59 Å². The van der Waals surface area contributed by atoms with Crippen molar-refractivity contribution in [3.8, 4) is 0 Å². The summed E-state index contributed by atoms with van der Waals surface area (Å²) in [4.78, 5) is 22.6. The van der Waals surface area contributed by atoms with E-state index in [1.54, 1.807) is 0 Å². The fourth-order valence-corrected chi connectivity index (χ4v) is 1.27. The van der Waals surface area contributed by atoms with E-state index in [1.165, 1.54) is 0 Å². The molecule has 100 valence electrons. The Morgan fingerprint density at radius 3 is 2.00 bits per heavy atom. The van der Waals surface area contributed by atoms with Crippen molar-refractivity contribution in [3.05, 3.63) is 0 Å². The fourth-order valence-electron chi connectivity index (χ4n) is 1.27. The van der Waals surface area contributed by atoms with Crippen LogP contribution in [0.1, 0.15) is 40.5 Å². The predicted octanol–water partition coefficient (Wildman–Crippen LogP) is 0.405. The van der Waals surface area contributed by atoms with Crippen molar-refractivity contribution in [1.29, 1.82) is 0 Å². The van der Waals surface area contributed by atoms with Crippen molar-refractivity contribution in [2.45, 2.75) is 52.6 Å². The molecule has 0 aliphatic heterocycles. The van der Waals surface area contributed by atoms with Crippen molar-refractivity contribution >= 4 is 11.8 Å². The first-order valence-corrected chi connectivity index (χ1v) is 6.21. The molecular formula is C12H25N3O2. The van der Waals surface area contributed by atoms with Gasteiger partial charge in [0, 0.05) is 38.0 Å². The van der Waals surface area contributed by atoms with Crippen molar-refractivity contribution < 1.29 is 9.59 Å². The first-order valence-electron chi connectivity index (χ1n) is 6.21. The minimum atomic E-state index is -0.0272. The quantitative estimate of drug-likeness (QED) is 0.578. The van der Waals surface area contributed by atoms with E-state index >= 15 is 0 Å². The lowest BCUT2D eigenvalue weighted by atomic mass is 10.3. The summed E-state index contributed by atoms with van der Waals surface area (Å²) in [6.07, 6.45) is 0.783. The molecule has 2 amide bonds. The van der Waals surface area contributed by atoms with Crippen LogP contribution < -0.4 is 16.0 Å². The second-order valence-electron chi connectivity index (χ2n) is 4.68. The monoisotopic (exact) mass is 243 g/mol. The number of hydrogen-bond acceptors (Lipinski definition) is 3. The zero-order chi connectivity index (χ0) is 13.3. The Morgan fingerprint density at radius 1 is 0.882 bits per heavy atom. The second kappa shape index (κ2) is 8.98. The van der Waals surface area contributed by atoms with Gasteiger partial charge in [0.05, 0.1) is 0 Å². The van der Waals surface area contributed by atoms with E-state index in [1.807, 2.05) is 27.7 Å². The summed E-state index contributed by atoms with van der Waals surface area (Å²) in [6.45, 7) is 8.96. The Hall–Kier alpha value is -1.10. The zero-order valence-electron chi connectivity index (χ0n) is 11.3. The highest BCUT2D eigenvalue weighted by Gasteiger charge is 2.05. The molecule has 0 saturated carbocycles. The van der Waals surface area contributed by atoms with Gasteiger partial charge in [-0.1, -0.05) is 13.8 Å². The minimum absolute atomic E-state index is 0.0181. The topological polar surface area (TPSA) is 70.2 Å². The van der Waals surface area contributed by atoms with Gasteiger partial charge in [-0.05, 0) is 13.8 Å². The van der Waals surface area contributed by atoms with E-state index < -0.39 is 0 Å². The number of carbonyl (C=O) groups is 2. The van der Waals surface area contributed by atoms with Crippen LogP contribution in [0.4, 0.5) is 0 Å². The average molecular weight is 243 g/mol. The Bertz CT molecular complexity index is 240. The molecule has 5 heteroatoms. The van der Waals surface area contributed by atoms with Gasteiger partial charge in [0.2, 0.25) is 11.8 Å². The molecule has 0 aliphatic rings. The molecule has 0 aromatic heterocycles. The summed E-state index contributed by atoms with van der Waals surface area (Å²) in [7, 11) is 0. The van der Waals surface area contributed by atoms with Gasteiger partial charge < -0.3 is 16.0 Å². The Kier molecular flexibility index (Phi) is 8.40. The summed E-state index contributed by atoms with van der Waals surface area (Å²) in [5.41, 5.74) is 0. The second-order valence-corrected chi connectivity index (χ2v) is 4.68. The van der Waals surface area contributed by atoms with Gasteiger partial charge in [-0.3, -0.25) is 9.59 Å². The Labute approximate surface area is 104 Å². The molecule has 0 bridgehead atoms. The highest BCUT2D eigenvalue weighted by atomic mass is 16.2. The smallest absolute Gasteiger partial charge is 0.221 e. The first kappa shape index (κ1) is 15.9. The van der Waals surface area contributed by atoms with E-state index in [0.29, 0.717) is 32.0 Å². The van der Waals surface area contributed by atoms with E-state index in [0.717, 1.165) is 0 Å². The predicted molar refractivity (Wildman–Crippen MR) is 68.7 cm³/mol. The van der Waals surface area contributed by atoms with Crippen LogP contribution >= 0.6 is 0 Å². The number of amides is 2. The fraction of sp³-hybridized carbons (Fsp3) is 0.833. The molecule has 0 aromatic carbocycles. The SMILES string of the molecule is CC(C)NCCC(=O)NCCC(=O)NC(C)C. The van der Waals surface area contributed by atoms with Gasteiger partial charge in [0.15, 0.2) is 0 Å². The van der Waals surface area contributed by atoms with Crippen LogP contribution in [0.15, 0.2) is 0 Å². The lowest BCUT2D eigenvalue weighted by molar-refractivity contribution is -0.122. The van der Waals surface area contributed by atoms with Crippen LogP contribution in [0, 0.1) is 0 Å². The maximum absolute atomic E-state index is 11.3. The summed E-state index contributed by atoms with van der Waals surface area (Å²) in [5.74, 6) is -0.0453. The number of hydrogen-bond donors (Lipinski definition) is 3. The Balaban J connectivity index is 3.48. The normalized spacial score (nSPS) is 10.7. The molecule has 0 aliphatic carbocycles. The number of nitrogens with one attached hydrogen (secondary N) is 3. The molecular weight excluding hydrogens is 218 g/mol. The molecule has 0 unspecified atom stereocenters. The molecule has 0 saturated heterocycles. The van der Waals surface area contributed by atoms with E-state index in [-0.39, 0.29) is 17.9 Å². The van der Waals surface area contributed by atoms with Crippen molar-refractivity contribution in [1.82, 2.24) is 16.0 Å². The third-order valence-electron chi connectivity index (χ3n) is 2.03. The third kappa shape index (κ3) is 11.2. The van der Waals surface area contributed by atoms with Crippen LogP contribution in [0.2, 0.25) is 0 Å². The third-order valence-corrected chi connectivity index (χ3v) is 2.03. The van der Waals surface area contributed by atoms with Gasteiger partial charge in [0.1, 0.15) is 0 Å². The lowest BCUT2D eigenvalue weighted by Gasteiger charge is -2.10. The van der Waals surface area contributed by atoms with Gasteiger partial charge in [-0.15, -0.1) is 0 Å². The maximum Gasteiger partial charge on any atom is 0.221 e. The highest BCUT2D eigenvalue weighted by Crippen LogP contribution is 1.85. The van der Waals surface area contributed by atoms with Gasteiger partial charge in [0.25, 0.3) is 0 Å². The Morgan fingerprint density at radius 2 is 1.47 bits per heavy atom. The van der Waals surface area contributed by atoms with Crippen molar-refractivity contribution in [2.24, 2.45) is 0 Å². The molecule has 0 fully saturated rings. The molecule has 0 atom stereocenters. The highest BCUT2D eigenvalue weighted by molar-refractivity contribution is 5.79. The summed E-state index contributed by atoms with van der Waals surface area (Å²) >= 11 is 0. The van der Waals surface area contributed by atoms with Gasteiger partial charge in [-0.2, -0.15) is 0 Å². The van der Waals surface area contributed by atoms with Crippen LogP contribution in [-0.4, -0.2) is 37.0 Å². The van der Waals surface area contributed by atoms with Crippen LogP contribution in [0.3, 0.4) is 0 Å². The number of carbonyl (C=O) groups excluding carboxylic acids is 2. The molecule has 17 heavy (non-hydrogen) atoms. The van der Waals surface area contributed by atoms with E-state index in [4.69, 9.17) is 0 Å². The molecule has 3 N–H and O–H groups in total. The van der Waals surface area contributed by atoms with Gasteiger partial charge >= 0.3 is 0 Å². The van der Waals surface area contributed by atoms with Crippen LogP contribution in [0.25, 0.3) is 0 Å². The molecule has 0 rings (SSSR count). The van der Waals surface area contributed by atoms with Crippen molar-refractivity contribution in [2.75, 3.05) is 13.1 Å². The lowest BCUT2D eigenvalue weighted by Crippen LogP contribution is -2.35. The summed E-state index contributed by atoms with van der Waals surface area (Å²) in [6, 6.07) is 0.535. The zero-order valence-corrected chi connectivity index (χ0v) is 11.3. The maximum atomic E-state index is 11.3. The molecule has 0 heterocycles. The standard InChI is InChI=1S/C12H25N3O2/c1-9(2)13-7-5-11(16)14-8-6-12(17)15-10(3)4/h9-10,13H,5-8H2,1-4H3,(H,14,16)(H,15,17). The number of rotatable bonds is 8. The molecule has 0 aromatic rings. The molecule has 0 radical (unpaired) electrons. The summed E-state index contributed by atoms with van der Waals surface area (Å²) < 4.78 is 0. The molecule has 0 spiro atoms. The summed E-state index contributed by atoms with van der Waals surface area (Å²) in [5, 5.41) is 8.65. The van der Waals surface area contributed by atoms with Gasteiger partial charge in [-0.25, -0.2) is 0 Å². The average Bonchev–Trinajstić information content (AvgIpc) is 2.15. The van der Waals surface area contributed by atoms with E-state index in [2.05, 4.69) is 16.0 Å². The van der Waals surface area contributed by atoms with Crippen molar-refractivity contribution in [3.63, 3.8) is 0 Å². The minimum Gasteiger partial charge on any atom is -0.356 e. The largest absolute Gasteiger partial charge is 0.356 e. The molecule has 5 nitrogen and oxygen atoms in total. The first-order chi connectivity index (χ1) is 7.91.